The zero-order chi connectivity index (χ0) is 26.1. The number of likely N-dealkylation sites (tertiary alicyclic amines) is 1. The first-order valence-corrected chi connectivity index (χ1v) is 12.8. The number of nitrogens with one attached hydrogen (secondary N) is 3. The first-order valence-electron chi connectivity index (χ1n) is 12.4. The average Bonchev–Trinajstić information content (AvgIpc) is 3.61. The Morgan fingerprint density at radius 2 is 1.92 bits per heavy atom. The summed E-state index contributed by atoms with van der Waals surface area (Å²) in [5.41, 5.74) is 6.39. The molecule has 2 aromatic heterocycles. The fraction of sp³-hybridized carbons (Fsp3) is 0.500. The number of aromatic nitrogens is 4. The van der Waals surface area contributed by atoms with Gasteiger partial charge >= 0.3 is 0 Å². The highest BCUT2D eigenvalue weighted by Gasteiger charge is 2.47. The molecule has 13 heteroatoms. The summed E-state index contributed by atoms with van der Waals surface area (Å²) in [6, 6.07) is -0.00759. The number of piperidine rings is 1. The summed E-state index contributed by atoms with van der Waals surface area (Å²) < 4.78 is 1.88. The highest BCUT2D eigenvalue weighted by Crippen LogP contribution is 2.45. The highest BCUT2D eigenvalue weighted by atomic mass is 35.5. The number of halogens is 1. The van der Waals surface area contributed by atoms with Crippen molar-refractivity contribution in [2.45, 2.75) is 38.3 Å². The van der Waals surface area contributed by atoms with E-state index in [1.807, 2.05) is 10.9 Å². The van der Waals surface area contributed by atoms with Crippen LogP contribution < -0.4 is 21.7 Å². The van der Waals surface area contributed by atoms with E-state index in [1.165, 1.54) is 13.1 Å². The Kier molecular flexibility index (Phi) is 7.00. The van der Waals surface area contributed by atoms with Gasteiger partial charge in [-0.15, -0.1) is 0 Å². The quantitative estimate of drug-likeness (QED) is 0.375. The standard InChI is InChI=1S/C24H30ClN9O3/c1-13(35)27-11-19(36)33-6-4-17(5-7-33)34-12-16(9-29-34)30-24-28-10-18(25)23(32-24)31-21-15-3-2-14(8-15)20(21)22(26)37/h2-3,9-10,12,14-15,17,20-21H,4-8,11H2,1H3,(H2,26,37)(H,27,35)(H2,28,30,31,32)/t14-,15-,20-,21+/m0/s1. The number of allylic oxidation sites excluding steroid dienone is 1. The van der Waals surface area contributed by atoms with Crippen molar-refractivity contribution in [2.24, 2.45) is 23.5 Å². The van der Waals surface area contributed by atoms with Gasteiger partial charge in [0.05, 0.1) is 36.6 Å². The molecule has 2 bridgehead atoms. The number of hydrogen-bond acceptors (Lipinski definition) is 8. The highest BCUT2D eigenvalue weighted by molar-refractivity contribution is 6.32. The second-order valence-corrected chi connectivity index (χ2v) is 10.2. The van der Waals surface area contributed by atoms with Gasteiger partial charge in [0.15, 0.2) is 5.82 Å². The van der Waals surface area contributed by atoms with Crippen LogP contribution in [0.15, 0.2) is 30.7 Å². The summed E-state index contributed by atoms with van der Waals surface area (Å²) in [4.78, 5) is 45.9. The normalized spacial score (nSPS) is 24.8. The molecule has 3 heterocycles. The van der Waals surface area contributed by atoms with E-state index in [-0.39, 0.29) is 54.1 Å². The summed E-state index contributed by atoms with van der Waals surface area (Å²) in [5.74, 6) is 0.214. The van der Waals surface area contributed by atoms with Crippen molar-refractivity contribution in [3.63, 3.8) is 0 Å². The monoisotopic (exact) mass is 527 g/mol. The Bertz CT molecular complexity index is 1220. The van der Waals surface area contributed by atoms with Crippen LogP contribution in [0.2, 0.25) is 5.02 Å². The van der Waals surface area contributed by atoms with Crippen molar-refractivity contribution in [3.05, 3.63) is 35.8 Å². The second kappa shape index (κ2) is 10.4. The molecule has 2 aromatic rings. The second-order valence-electron chi connectivity index (χ2n) is 9.79. The first-order chi connectivity index (χ1) is 17.8. The van der Waals surface area contributed by atoms with Crippen LogP contribution in [0.3, 0.4) is 0 Å². The molecule has 3 amide bonds. The number of nitrogens with zero attached hydrogens (tertiary/aromatic N) is 5. The van der Waals surface area contributed by atoms with Gasteiger partial charge in [0, 0.05) is 32.3 Å². The zero-order valence-electron chi connectivity index (χ0n) is 20.4. The maximum absolute atomic E-state index is 12.2. The minimum absolute atomic E-state index is 0.0235. The molecule has 4 atom stereocenters. The predicted octanol–water partition coefficient (Wildman–Crippen LogP) is 1.46. The van der Waals surface area contributed by atoms with E-state index >= 15 is 0 Å². The molecular formula is C24H30ClN9O3. The fourth-order valence-corrected chi connectivity index (χ4v) is 5.66. The number of carbonyl (C=O) groups is 3. The third-order valence-electron chi connectivity index (χ3n) is 7.37. The molecule has 5 rings (SSSR count). The van der Waals surface area contributed by atoms with Crippen LogP contribution in [0.25, 0.3) is 0 Å². The Hall–Kier alpha value is -3.67. The molecule has 0 aromatic carbocycles. The number of hydrogen-bond donors (Lipinski definition) is 4. The molecule has 1 aliphatic heterocycles. The average molecular weight is 528 g/mol. The number of rotatable bonds is 8. The number of carbonyl (C=O) groups excluding carboxylic acids is 3. The molecule has 0 unspecified atom stereocenters. The van der Waals surface area contributed by atoms with Crippen molar-refractivity contribution >= 4 is 46.8 Å². The van der Waals surface area contributed by atoms with Gasteiger partial charge in [-0.3, -0.25) is 19.1 Å². The lowest BCUT2D eigenvalue weighted by molar-refractivity contribution is -0.133. The number of nitrogens with two attached hydrogens (primary N) is 1. The lowest BCUT2D eigenvalue weighted by atomic mass is 9.88. The smallest absolute Gasteiger partial charge is 0.241 e. The first kappa shape index (κ1) is 25.0. The maximum atomic E-state index is 12.2. The fourth-order valence-electron chi connectivity index (χ4n) is 5.52. The SMILES string of the molecule is CC(=O)NCC(=O)N1CCC(n2cc(Nc3ncc(Cl)c(N[C@H]4[C@@H](C(N)=O)[C@H]5C=C[C@H]4C5)n3)cn2)CC1. The number of anilines is 3. The minimum Gasteiger partial charge on any atom is -0.369 e. The Balaban J connectivity index is 1.19. The largest absolute Gasteiger partial charge is 0.369 e. The Morgan fingerprint density at radius 1 is 1.16 bits per heavy atom. The van der Waals surface area contributed by atoms with Crippen LogP contribution in [0.4, 0.5) is 17.5 Å². The van der Waals surface area contributed by atoms with Crippen molar-refractivity contribution in [2.75, 3.05) is 30.3 Å². The molecule has 1 saturated carbocycles. The molecule has 196 valence electrons. The number of amides is 3. The van der Waals surface area contributed by atoms with Crippen LogP contribution in [-0.4, -0.2) is 68.0 Å². The maximum Gasteiger partial charge on any atom is 0.241 e. The van der Waals surface area contributed by atoms with Gasteiger partial charge in [-0.25, -0.2) is 4.98 Å². The minimum atomic E-state index is -0.326. The number of primary amides is 1. The Labute approximate surface area is 219 Å². The van der Waals surface area contributed by atoms with Gasteiger partial charge in [0.2, 0.25) is 23.7 Å². The van der Waals surface area contributed by atoms with E-state index in [1.54, 1.807) is 11.1 Å². The van der Waals surface area contributed by atoms with E-state index < -0.39 is 0 Å². The molecule has 12 nitrogen and oxygen atoms in total. The summed E-state index contributed by atoms with van der Waals surface area (Å²) >= 11 is 6.37. The third-order valence-corrected chi connectivity index (χ3v) is 7.65. The molecule has 5 N–H and O–H groups in total. The molecular weight excluding hydrogens is 498 g/mol. The summed E-state index contributed by atoms with van der Waals surface area (Å²) in [6.45, 7) is 2.62. The molecule has 2 fully saturated rings. The van der Waals surface area contributed by atoms with Gasteiger partial charge in [0.25, 0.3) is 0 Å². The van der Waals surface area contributed by atoms with Crippen LogP contribution in [-0.2, 0) is 14.4 Å². The predicted molar refractivity (Wildman–Crippen MR) is 137 cm³/mol. The molecule has 3 aliphatic rings. The lowest BCUT2D eigenvalue weighted by Crippen LogP contribution is -2.44. The van der Waals surface area contributed by atoms with E-state index in [0.717, 1.165) is 24.9 Å². The topological polar surface area (TPSA) is 160 Å². The summed E-state index contributed by atoms with van der Waals surface area (Å²) in [7, 11) is 0. The van der Waals surface area contributed by atoms with Crippen molar-refractivity contribution in [1.82, 2.24) is 30.0 Å². The van der Waals surface area contributed by atoms with E-state index in [9.17, 15) is 14.4 Å². The van der Waals surface area contributed by atoms with Crippen LogP contribution in [0.5, 0.6) is 0 Å². The van der Waals surface area contributed by atoms with Crippen molar-refractivity contribution in [1.29, 1.82) is 0 Å². The van der Waals surface area contributed by atoms with E-state index in [2.05, 4.69) is 43.2 Å². The van der Waals surface area contributed by atoms with Crippen molar-refractivity contribution < 1.29 is 14.4 Å². The summed E-state index contributed by atoms with van der Waals surface area (Å²) in [6.07, 6.45) is 11.7. The number of fused-ring (bicyclic) bond motifs is 2. The van der Waals surface area contributed by atoms with Gasteiger partial charge < -0.3 is 26.6 Å². The van der Waals surface area contributed by atoms with Crippen LogP contribution >= 0.6 is 11.6 Å². The van der Waals surface area contributed by atoms with Gasteiger partial charge in [-0.2, -0.15) is 10.1 Å². The van der Waals surface area contributed by atoms with Crippen molar-refractivity contribution in [3.8, 4) is 0 Å². The molecule has 37 heavy (non-hydrogen) atoms. The molecule has 2 aliphatic carbocycles. The zero-order valence-corrected chi connectivity index (χ0v) is 21.2. The van der Waals surface area contributed by atoms with Gasteiger partial charge in [-0.05, 0) is 31.1 Å². The van der Waals surface area contributed by atoms with Gasteiger partial charge in [0.1, 0.15) is 5.02 Å². The third kappa shape index (κ3) is 5.38. The molecule has 1 saturated heterocycles. The Morgan fingerprint density at radius 3 is 2.65 bits per heavy atom. The van der Waals surface area contributed by atoms with E-state index in [4.69, 9.17) is 17.3 Å². The summed E-state index contributed by atoms with van der Waals surface area (Å²) in [5, 5.41) is 13.9. The van der Waals surface area contributed by atoms with Crippen LogP contribution in [0, 0.1) is 17.8 Å². The van der Waals surface area contributed by atoms with Crippen LogP contribution in [0.1, 0.15) is 32.2 Å². The molecule has 0 spiro atoms. The molecule has 0 radical (unpaired) electrons. The van der Waals surface area contributed by atoms with E-state index in [0.29, 0.717) is 29.9 Å². The lowest BCUT2D eigenvalue weighted by Gasteiger charge is -2.32. The van der Waals surface area contributed by atoms with Gasteiger partial charge in [-0.1, -0.05) is 23.8 Å².